The Kier molecular flexibility index (Phi) is 5.79. The molecule has 4 aliphatic rings. The van der Waals surface area contributed by atoms with Gasteiger partial charge in [-0.1, -0.05) is 12.1 Å². The highest BCUT2D eigenvalue weighted by atomic mass is 32.2. The molecule has 2 aromatic rings. The summed E-state index contributed by atoms with van der Waals surface area (Å²) < 4.78 is 26.3. The van der Waals surface area contributed by atoms with Crippen molar-refractivity contribution < 1.29 is 18.0 Å². The third kappa shape index (κ3) is 4.50. The molecule has 0 unspecified atom stereocenters. The summed E-state index contributed by atoms with van der Waals surface area (Å²) in [6.07, 6.45) is 9.01. The molecule has 34 heavy (non-hydrogen) atoms. The SMILES string of the molecule is CC(=O)c1ccc(NC(=O)CN(c2ccc(C34CC5CC(CC(C5)C3)C4)cc2)S(C)(=O)=O)cc1. The van der Waals surface area contributed by atoms with Crippen LogP contribution in [0.15, 0.2) is 48.5 Å². The zero-order valence-electron chi connectivity index (χ0n) is 19.8. The summed E-state index contributed by atoms with van der Waals surface area (Å²) in [6.45, 7) is 1.16. The first-order chi connectivity index (χ1) is 16.1. The van der Waals surface area contributed by atoms with Gasteiger partial charge in [-0.2, -0.15) is 0 Å². The van der Waals surface area contributed by atoms with E-state index in [1.807, 2.05) is 12.1 Å². The molecule has 1 N–H and O–H groups in total. The van der Waals surface area contributed by atoms with Crippen LogP contribution in [0.3, 0.4) is 0 Å². The van der Waals surface area contributed by atoms with Crippen LogP contribution >= 0.6 is 0 Å². The van der Waals surface area contributed by atoms with Gasteiger partial charge in [-0.3, -0.25) is 13.9 Å². The van der Waals surface area contributed by atoms with Crippen molar-refractivity contribution in [2.24, 2.45) is 17.8 Å². The number of nitrogens with one attached hydrogen (secondary N) is 1. The van der Waals surface area contributed by atoms with E-state index in [4.69, 9.17) is 0 Å². The number of ketones is 1. The lowest BCUT2D eigenvalue weighted by atomic mass is 9.48. The van der Waals surface area contributed by atoms with Crippen molar-refractivity contribution in [3.05, 3.63) is 59.7 Å². The highest BCUT2D eigenvalue weighted by Crippen LogP contribution is 2.60. The Balaban J connectivity index is 1.32. The van der Waals surface area contributed by atoms with Gasteiger partial charge in [-0.15, -0.1) is 0 Å². The smallest absolute Gasteiger partial charge is 0.245 e. The van der Waals surface area contributed by atoms with Gasteiger partial charge in [-0.25, -0.2) is 8.42 Å². The molecule has 0 aromatic heterocycles. The van der Waals surface area contributed by atoms with Gasteiger partial charge in [0.1, 0.15) is 6.54 Å². The Morgan fingerprint density at radius 1 is 0.912 bits per heavy atom. The maximum absolute atomic E-state index is 12.7. The topological polar surface area (TPSA) is 83.6 Å². The number of hydrogen-bond donors (Lipinski definition) is 1. The average molecular weight is 481 g/mol. The number of amides is 1. The Bertz CT molecular complexity index is 1170. The number of carbonyl (C=O) groups excluding carboxylic acids is 2. The first kappa shape index (κ1) is 23.1. The van der Waals surface area contributed by atoms with Crippen LogP contribution < -0.4 is 9.62 Å². The minimum Gasteiger partial charge on any atom is -0.325 e. The van der Waals surface area contributed by atoms with E-state index in [0.29, 0.717) is 16.9 Å². The average Bonchev–Trinajstić information content (AvgIpc) is 2.76. The fourth-order valence-corrected chi connectivity index (χ4v) is 7.82. The van der Waals surface area contributed by atoms with Crippen molar-refractivity contribution in [1.82, 2.24) is 0 Å². The summed E-state index contributed by atoms with van der Waals surface area (Å²) in [7, 11) is -3.65. The van der Waals surface area contributed by atoms with Crippen LogP contribution in [-0.4, -0.2) is 32.9 Å². The molecule has 4 saturated carbocycles. The second kappa shape index (κ2) is 8.52. The highest BCUT2D eigenvalue weighted by Gasteiger charge is 2.51. The zero-order chi connectivity index (χ0) is 24.1. The van der Waals surface area contributed by atoms with Gasteiger partial charge in [0.2, 0.25) is 15.9 Å². The van der Waals surface area contributed by atoms with E-state index in [0.717, 1.165) is 28.3 Å². The van der Waals surface area contributed by atoms with Crippen molar-refractivity contribution in [3.8, 4) is 0 Å². The number of sulfonamides is 1. The van der Waals surface area contributed by atoms with E-state index in [9.17, 15) is 18.0 Å². The molecule has 2 aromatic carbocycles. The maximum Gasteiger partial charge on any atom is 0.245 e. The van der Waals surface area contributed by atoms with E-state index < -0.39 is 15.9 Å². The maximum atomic E-state index is 12.7. The normalized spacial score (nSPS) is 27.4. The molecule has 0 radical (unpaired) electrons. The molecule has 7 heteroatoms. The molecule has 180 valence electrons. The summed E-state index contributed by atoms with van der Waals surface area (Å²) in [6, 6.07) is 14.4. The second-order valence-electron chi connectivity index (χ2n) is 10.7. The van der Waals surface area contributed by atoms with Crippen molar-refractivity contribution in [2.75, 3.05) is 22.4 Å². The molecule has 0 heterocycles. The molecule has 6 nitrogen and oxygen atoms in total. The predicted molar refractivity (Wildman–Crippen MR) is 134 cm³/mol. The van der Waals surface area contributed by atoms with Gasteiger partial charge in [-0.05, 0) is 111 Å². The molecule has 0 spiro atoms. The van der Waals surface area contributed by atoms with Crippen LogP contribution in [-0.2, 0) is 20.2 Å². The molecule has 0 saturated heterocycles. The van der Waals surface area contributed by atoms with Crippen LogP contribution in [0.1, 0.15) is 61.4 Å². The molecule has 0 atom stereocenters. The number of carbonyl (C=O) groups is 2. The molecular weight excluding hydrogens is 448 g/mol. The van der Waals surface area contributed by atoms with Crippen molar-refractivity contribution in [2.45, 2.75) is 50.9 Å². The van der Waals surface area contributed by atoms with Crippen LogP contribution in [0.4, 0.5) is 11.4 Å². The summed E-state index contributed by atoms with van der Waals surface area (Å²) in [4.78, 5) is 24.1. The number of nitrogens with zero attached hydrogens (tertiary/aromatic N) is 1. The van der Waals surface area contributed by atoms with E-state index in [-0.39, 0.29) is 17.7 Å². The van der Waals surface area contributed by atoms with Crippen LogP contribution in [0.2, 0.25) is 0 Å². The first-order valence-electron chi connectivity index (χ1n) is 12.1. The Morgan fingerprint density at radius 2 is 1.44 bits per heavy atom. The van der Waals surface area contributed by atoms with E-state index in [2.05, 4.69) is 17.4 Å². The van der Waals surface area contributed by atoms with E-state index in [1.54, 1.807) is 24.3 Å². The summed E-state index contributed by atoms with van der Waals surface area (Å²) in [5, 5.41) is 2.72. The fraction of sp³-hybridized carbons (Fsp3) is 0.481. The van der Waals surface area contributed by atoms with Crippen LogP contribution in [0, 0.1) is 17.8 Å². The second-order valence-corrected chi connectivity index (χ2v) is 12.6. The Hall–Kier alpha value is -2.67. The lowest BCUT2D eigenvalue weighted by Crippen LogP contribution is -2.48. The number of benzene rings is 2. The number of rotatable bonds is 7. The van der Waals surface area contributed by atoms with Crippen LogP contribution in [0.5, 0.6) is 0 Å². The third-order valence-electron chi connectivity index (χ3n) is 8.07. The molecule has 4 bridgehead atoms. The van der Waals surface area contributed by atoms with Crippen molar-refractivity contribution >= 4 is 33.1 Å². The summed E-state index contributed by atoms with van der Waals surface area (Å²) >= 11 is 0. The van der Waals surface area contributed by atoms with Gasteiger partial charge in [0.05, 0.1) is 11.9 Å². The molecule has 1 amide bonds. The monoisotopic (exact) mass is 480 g/mol. The minimum absolute atomic E-state index is 0.0573. The summed E-state index contributed by atoms with van der Waals surface area (Å²) in [5.74, 6) is 2.02. The van der Waals surface area contributed by atoms with Crippen molar-refractivity contribution in [3.63, 3.8) is 0 Å². The summed E-state index contributed by atoms with van der Waals surface area (Å²) in [5.41, 5.74) is 3.12. The van der Waals surface area contributed by atoms with Gasteiger partial charge in [0, 0.05) is 11.3 Å². The van der Waals surface area contributed by atoms with E-state index in [1.165, 1.54) is 51.0 Å². The highest BCUT2D eigenvalue weighted by molar-refractivity contribution is 7.92. The predicted octanol–water partition coefficient (Wildman–Crippen LogP) is 4.76. The number of Topliss-reactive ketones (excluding diaryl/α,β-unsaturated/α-hetero) is 1. The van der Waals surface area contributed by atoms with Gasteiger partial charge in [0.15, 0.2) is 5.78 Å². The Morgan fingerprint density at radius 3 is 1.91 bits per heavy atom. The quantitative estimate of drug-likeness (QED) is 0.579. The van der Waals surface area contributed by atoms with Gasteiger partial charge < -0.3 is 5.32 Å². The molecule has 6 rings (SSSR count). The van der Waals surface area contributed by atoms with Gasteiger partial charge >= 0.3 is 0 Å². The fourth-order valence-electron chi connectivity index (χ4n) is 6.96. The lowest BCUT2D eigenvalue weighted by molar-refractivity contribution is -0.114. The zero-order valence-corrected chi connectivity index (χ0v) is 20.6. The van der Waals surface area contributed by atoms with Crippen LogP contribution in [0.25, 0.3) is 0 Å². The van der Waals surface area contributed by atoms with Crippen molar-refractivity contribution in [1.29, 1.82) is 0 Å². The molecule has 4 aliphatic carbocycles. The Labute approximate surface area is 201 Å². The first-order valence-corrected chi connectivity index (χ1v) is 14.0. The lowest BCUT2D eigenvalue weighted by Gasteiger charge is -2.57. The molecular formula is C27H32N2O4S. The van der Waals surface area contributed by atoms with Gasteiger partial charge in [0.25, 0.3) is 0 Å². The standard InChI is InChI=1S/C27H32N2O4S/c1-18(30)22-3-7-24(8-4-22)28-26(31)17-29(34(2,32)33)25-9-5-23(6-10-25)27-14-19-11-20(15-27)13-21(12-19)16-27/h3-10,19-21H,11-17H2,1-2H3,(H,28,31). The number of anilines is 2. The largest absolute Gasteiger partial charge is 0.325 e. The third-order valence-corrected chi connectivity index (χ3v) is 9.21. The minimum atomic E-state index is -3.65. The molecule has 4 fully saturated rings. The molecule has 0 aliphatic heterocycles. The van der Waals surface area contributed by atoms with E-state index >= 15 is 0 Å². The number of hydrogen-bond acceptors (Lipinski definition) is 4.